The lowest BCUT2D eigenvalue weighted by Gasteiger charge is -2.12. The smallest absolute Gasteiger partial charge is 0.231 e. The number of anilines is 1. The molecule has 0 atom stereocenters. The lowest BCUT2D eigenvalue weighted by Crippen LogP contribution is -2.24. The Morgan fingerprint density at radius 2 is 1.58 bits per heavy atom. The van der Waals surface area contributed by atoms with Crippen molar-refractivity contribution in [1.29, 1.82) is 0 Å². The molecule has 2 heterocycles. The molecule has 182 valence electrons. The highest BCUT2D eigenvalue weighted by Crippen LogP contribution is 2.34. The van der Waals surface area contributed by atoms with Crippen LogP contribution >= 0.6 is 0 Å². The summed E-state index contributed by atoms with van der Waals surface area (Å²) in [6, 6.07) is 25.0. The van der Waals surface area contributed by atoms with Crippen LogP contribution in [-0.4, -0.2) is 28.4 Å². The van der Waals surface area contributed by atoms with Crippen LogP contribution in [0.5, 0.6) is 11.5 Å². The van der Waals surface area contributed by atoms with Gasteiger partial charge in [-0.25, -0.2) is 4.68 Å². The molecular formula is C28H26N4O4. The number of nitrogens with one attached hydrogen (secondary N) is 2. The fraction of sp³-hybridized carbons (Fsp3) is 0.179. The Hall–Kier alpha value is -4.59. The predicted octanol–water partition coefficient (Wildman–Crippen LogP) is 4.61. The Labute approximate surface area is 208 Å². The number of carbonyl (C=O) groups excluding carboxylic acids is 2. The lowest BCUT2D eigenvalue weighted by molar-refractivity contribution is -0.124. The number of benzene rings is 3. The van der Waals surface area contributed by atoms with Gasteiger partial charge in [-0.2, -0.15) is 5.10 Å². The number of hydrogen-bond acceptors (Lipinski definition) is 5. The predicted molar refractivity (Wildman–Crippen MR) is 136 cm³/mol. The van der Waals surface area contributed by atoms with E-state index in [0.29, 0.717) is 23.9 Å². The van der Waals surface area contributed by atoms with Gasteiger partial charge in [-0.05, 0) is 42.3 Å². The minimum absolute atomic E-state index is 0.0419. The molecule has 5 rings (SSSR count). The minimum atomic E-state index is -0.262. The largest absolute Gasteiger partial charge is 0.454 e. The van der Waals surface area contributed by atoms with E-state index in [2.05, 4.69) is 10.6 Å². The van der Waals surface area contributed by atoms with Crippen molar-refractivity contribution in [3.8, 4) is 28.3 Å². The third kappa shape index (κ3) is 5.07. The zero-order valence-electron chi connectivity index (χ0n) is 19.9. The first-order valence-corrected chi connectivity index (χ1v) is 11.7. The third-order valence-electron chi connectivity index (χ3n) is 5.89. The second-order valence-electron chi connectivity index (χ2n) is 8.43. The van der Waals surface area contributed by atoms with Crippen LogP contribution in [0, 0.1) is 6.92 Å². The zero-order valence-corrected chi connectivity index (χ0v) is 19.9. The monoisotopic (exact) mass is 482 g/mol. The molecule has 3 aromatic carbocycles. The summed E-state index contributed by atoms with van der Waals surface area (Å²) in [5.41, 5.74) is 4.32. The summed E-state index contributed by atoms with van der Waals surface area (Å²) in [4.78, 5) is 25.4. The summed E-state index contributed by atoms with van der Waals surface area (Å²) in [6.07, 6.45) is 0.107. The Morgan fingerprint density at radius 3 is 2.36 bits per heavy atom. The first-order chi connectivity index (χ1) is 17.6. The number of aromatic nitrogens is 2. The Balaban J connectivity index is 1.26. The van der Waals surface area contributed by atoms with E-state index >= 15 is 0 Å². The SMILES string of the molecule is Cc1nn(-c2ccccc2)c(NC(=O)CCC(=O)NCc2ccc3c(c2)OCO3)c1-c1ccccc1. The quantitative estimate of drug-likeness (QED) is 0.382. The molecule has 8 nitrogen and oxygen atoms in total. The normalized spacial score (nSPS) is 11.8. The van der Waals surface area contributed by atoms with Gasteiger partial charge >= 0.3 is 0 Å². The van der Waals surface area contributed by atoms with Crippen LogP contribution in [0.4, 0.5) is 5.82 Å². The van der Waals surface area contributed by atoms with Crippen molar-refractivity contribution < 1.29 is 19.1 Å². The number of hydrogen-bond donors (Lipinski definition) is 2. The van der Waals surface area contributed by atoms with Gasteiger partial charge in [-0.15, -0.1) is 0 Å². The molecule has 0 bridgehead atoms. The zero-order chi connectivity index (χ0) is 24.9. The van der Waals surface area contributed by atoms with Crippen molar-refractivity contribution in [2.75, 3.05) is 12.1 Å². The van der Waals surface area contributed by atoms with Crippen molar-refractivity contribution in [2.24, 2.45) is 0 Å². The molecule has 0 spiro atoms. The van der Waals surface area contributed by atoms with Crippen molar-refractivity contribution in [3.05, 3.63) is 90.1 Å². The van der Waals surface area contributed by atoms with E-state index in [4.69, 9.17) is 14.6 Å². The van der Waals surface area contributed by atoms with Crippen molar-refractivity contribution in [2.45, 2.75) is 26.3 Å². The summed E-state index contributed by atoms with van der Waals surface area (Å²) < 4.78 is 12.4. The van der Waals surface area contributed by atoms with Crippen LogP contribution in [0.15, 0.2) is 78.9 Å². The number of amides is 2. The fourth-order valence-corrected chi connectivity index (χ4v) is 4.11. The number of fused-ring (bicyclic) bond motifs is 1. The van der Waals surface area contributed by atoms with Gasteiger partial charge in [0.2, 0.25) is 18.6 Å². The van der Waals surface area contributed by atoms with Crippen LogP contribution in [0.2, 0.25) is 0 Å². The van der Waals surface area contributed by atoms with E-state index < -0.39 is 0 Å². The average molecular weight is 483 g/mol. The maximum absolute atomic E-state index is 12.9. The molecule has 0 aliphatic carbocycles. The number of aryl methyl sites for hydroxylation is 1. The highest BCUT2D eigenvalue weighted by atomic mass is 16.7. The van der Waals surface area contributed by atoms with Gasteiger partial charge in [-0.3, -0.25) is 9.59 Å². The second-order valence-corrected chi connectivity index (χ2v) is 8.43. The van der Waals surface area contributed by atoms with E-state index in [9.17, 15) is 9.59 Å². The van der Waals surface area contributed by atoms with Crippen LogP contribution < -0.4 is 20.1 Å². The average Bonchev–Trinajstić information content (AvgIpc) is 3.51. The topological polar surface area (TPSA) is 94.5 Å². The molecule has 36 heavy (non-hydrogen) atoms. The van der Waals surface area contributed by atoms with E-state index in [1.807, 2.05) is 85.8 Å². The number of para-hydroxylation sites is 1. The molecule has 8 heteroatoms. The standard InChI is InChI=1S/C28H26N4O4/c1-19-27(21-8-4-2-5-9-21)28(32(31-19)22-10-6-3-7-11-22)30-26(34)15-14-25(33)29-17-20-12-13-23-24(16-20)36-18-35-23/h2-13,16H,14-15,17-18H2,1H3,(H,29,33)(H,30,34). The number of rotatable bonds is 8. The summed E-state index contributed by atoms with van der Waals surface area (Å²) in [5.74, 6) is 1.47. The van der Waals surface area contributed by atoms with Gasteiger partial charge in [0.05, 0.1) is 11.4 Å². The minimum Gasteiger partial charge on any atom is -0.454 e. The highest BCUT2D eigenvalue weighted by Gasteiger charge is 2.20. The number of ether oxygens (including phenoxy) is 2. The maximum Gasteiger partial charge on any atom is 0.231 e. The summed E-state index contributed by atoms with van der Waals surface area (Å²) in [5, 5.41) is 10.6. The van der Waals surface area contributed by atoms with E-state index in [-0.39, 0.29) is 31.4 Å². The van der Waals surface area contributed by atoms with Crippen LogP contribution in [-0.2, 0) is 16.1 Å². The summed E-state index contributed by atoms with van der Waals surface area (Å²) >= 11 is 0. The summed E-state index contributed by atoms with van der Waals surface area (Å²) in [7, 11) is 0. The molecule has 0 unspecified atom stereocenters. The molecule has 2 amide bonds. The van der Waals surface area contributed by atoms with Gasteiger partial charge in [0.15, 0.2) is 11.5 Å². The first-order valence-electron chi connectivity index (χ1n) is 11.7. The molecule has 0 saturated carbocycles. The van der Waals surface area contributed by atoms with Crippen LogP contribution in [0.1, 0.15) is 24.1 Å². The molecule has 0 radical (unpaired) electrons. The number of nitrogens with zero attached hydrogens (tertiary/aromatic N) is 2. The van der Waals surface area contributed by atoms with E-state index in [0.717, 1.165) is 28.1 Å². The highest BCUT2D eigenvalue weighted by molar-refractivity contribution is 5.97. The van der Waals surface area contributed by atoms with Crippen molar-refractivity contribution in [3.63, 3.8) is 0 Å². The van der Waals surface area contributed by atoms with Gasteiger partial charge in [0.1, 0.15) is 5.82 Å². The van der Waals surface area contributed by atoms with Gasteiger partial charge < -0.3 is 20.1 Å². The van der Waals surface area contributed by atoms with Gasteiger partial charge in [-0.1, -0.05) is 54.6 Å². The van der Waals surface area contributed by atoms with E-state index in [1.54, 1.807) is 4.68 Å². The Kier molecular flexibility index (Phi) is 6.66. The van der Waals surface area contributed by atoms with Gasteiger partial charge in [0.25, 0.3) is 0 Å². The Morgan fingerprint density at radius 1 is 0.889 bits per heavy atom. The molecule has 1 aliphatic rings. The van der Waals surface area contributed by atoms with Crippen molar-refractivity contribution >= 4 is 17.6 Å². The van der Waals surface area contributed by atoms with Gasteiger partial charge in [0, 0.05) is 24.9 Å². The summed E-state index contributed by atoms with van der Waals surface area (Å²) in [6.45, 7) is 2.46. The van der Waals surface area contributed by atoms with Crippen LogP contribution in [0.3, 0.4) is 0 Å². The molecule has 2 N–H and O–H groups in total. The second kappa shape index (κ2) is 10.4. The molecule has 0 fully saturated rings. The van der Waals surface area contributed by atoms with Crippen LogP contribution in [0.25, 0.3) is 16.8 Å². The van der Waals surface area contributed by atoms with E-state index in [1.165, 1.54) is 0 Å². The molecule has 1 aliphatic heterocycles. The molecule has 4 aromatic rings. The number of carbonyl (C=O) groups is 2. The third-order valence-corrected chi connectivity index (χ3v) is 5.89. The molecular weight excluding hydrogens is 456 g/mol. The fourth-order valence-electron chi connectivity index (χ4n) is 4.11. The Bertz CT molecular complexity index is 1380. The lowest BCUT2D eigenvalue weighted by atomic mass is 10.1. The first kappa shape index (κ1) is 23.2. The molecule has 0 saturated heterocycles. The van der Waals surface area contributed by atoms with Crippen molar-refractivity contribution in [1.82, 2.24) is 15.1 Å². The molecule has 1 aromatic heterocycles. The maximum atomic E-state index is 12.9.